The van der Waals surface area contributed by atoms with Crippen molar-refractivity contribution in [1.29, 1.82) is 0 Å². The monoisotopic (exact) mass is 334 g/mol. The van der Waals surface area contributed by atoms with Crippen LogP contribution in [0.25, 0.3) is 0 Å². The van der Waals surface area contributed by atoms with Gasteiger partial charge in [-0.2, -0.15) is 0 Å². The Labute approximate surface area is 152 Å². The molecule has 0 aliphatic carbocycles. The smallest absolute Gasteiger partial charge is 0.0354 e. The molecule has 0 spiro atoms. The fourth-order valence-corrected chi connectivity index (χ4v) is 4.77. The molecule has 0 bridgehead atoms. The normalized spacial score (nSPS) is 24.9. The average Bonchev–Trinajstić information content (AvgIpc) is 2.64. The molecule has 0 amide bonds. The van der Waals surface area contributed by atoms with E-state index in [1.807, 2.05) is 0 Å². The molecule has 2 unspecified atom stereocenters. The summed E-state index contributed by atoms with van der Waals surface area (Å²) >= 11 is 0. The number of fused-ring (bicyclic) bond motifs is 1. The highest BCUT2D eigenvalue weighted by atomic mass is 15.3. The molecule has 0 aromatic heterocycles. The molecule has 0 radical (unpaired) electrons. The first-order chi connectivity index (χ1) is 12.2. The van der Waals surface area contributed by atoms with Crippen molar-refractivity contribution < 1.29 is 0 Å². The number of piperazine rings is 1. The molecule has 25 heavy (non-hydrogen) atoms. The van der Waals surface area contributed by atoms with E-state index in [0.29, 0.717) is 6.04 Å². The summed E-state index contributed by atoms with van der Waals surface area (Å²) in [6.45, 7) is 9.26. The van der Waals surface area contributed by atoms with Crippen LogP contribution in [0.1, 0.15) is 47.6 Å². The summed E-state index contributed by atoms with van der Waals surface area (Å²) in [5, 5.41) is 0. The maximum Gasteiger partial charge on any atom is 0.0354 e. The van der Waals surface area contributed by atoms with Crippen molar-refractivity contribution in [3.8, 4) is 0 Å². The molecule has 4 rings (SSSR count). The summed E-state index contributed by atoms with van der Waals surface area (Å²) < 4.78 is 0. The molecule has 132 valence electrons. The van der Waals surface area contributed by atoms with Gasteiger partial charge in [0.15, 0.2) is 0 Å². The lowest BCUT2D eigenvalue weighted by Crippen LogP contribution is -2.55. The summed E-state index contributed by atoms with van der Waals surface area (Å²) in [5.41, 5.74) is 5.95. The van der Waals surface area contributed by atoms with E-state index in [2.05, 4.69) is 72.2 Å². The van der Waals surface area contributed by atoms with Crippen LogP contribution in [0.2, 0.25) is 0 Å². The lowest BCUT2D eigenvalue weighted by Gasteiger charge is -2.49. The Morgan fingerprint density at radius 1 is 0.920 bits per heavy atom. The van der Waals surface area contributed by atoms with Gasteiger partial charge in [-0.1, -0.05) is 48.5 Å². The maximum atomic E-state index is 2.81. The lowest BCUT2D eigenvalue weighted by molar-refractivity contribution is 0.00619. The standard InChI is InChI=1S/C23H30N2/c1-18-8-6-12-22(19(18)2)23-13-7-11-21-17-24(14-15-25(21)23)16-20-9-4-3-5-10-20/h3-6,8-10,12,21,23H,7,11,13-17H2,1-2H3. The minimum absolute atomic E-state index is 0.623. The Morgan fingerprint density at radius 3 is 2.60 bits per heavy atom. The van der Waals surface area contributed by atoms with Crippen molar-refractivity contribution in [2.75, 3.05) is 19.6 Å². The van der Waals surface area contributed by atoms with Crippen molar-refractivity contribution in [2.45, 2.75) is 51.7 Å². The summed E-state index contributed by atoms with van der Waals surface area (Å²) in [5.74, 6) is 0. The van der Waals surface area contributed by atoms with E-state index in [0.717, 1.165) is 12.6 Å². The van der Waals surface area contributed by atoms with Crippen molar-refractivity contribution in [1.82, 2.24) is 9.80 Å². The Morgan fingerprint density at radius 2 is 1.76 bits per heavy atom. The van der Waals surface area contributed by atoms with Gasteiger partial charge < -0.3 is 0 Å². The van der Waals surface area contributed by atoms with Crippen molar-refractivity contribution in [2.24, 2.45) is 0 Å². The Balaban J connectivity index is 1.48. The minimum atomic E-state index is 0.623. The van der Waals surface area contributed by atoms with Crippen LogP contribution in [-0.2, 0) is 6.54 Å². The number of benzene rings is 2. The van der Waals surface area contributed by atoms with Crippen LogP contribution in [0.15, 0.2) is 48.5 Å². The molecule has 2 fully saturated rings. The Bertz CT molecular complexity index is 709. The van der Waals surface area contributed by atoms with E-state index in [4.69, 9.17) is 0 Å². The van der Waals surface area contributed by atoms with E-state index in [1.165, 1.54) is 55.6 Å². The first-order valence-corrected chi connectivity index (χ1v) is 9.80. The summed E-state index contributed by atoms with van der Waals surface area (Å²) in [4.78, 5) is 5.47. The summed E-state index contributed by atoms with van der Waals surface area (Å²) in [6.07, 6.45) is 4.03. The third-order valence-corrected chi connectivity index (χ3v) is 6.28. The van der Waals surface area contributed by atoms with Gasteiger partial charge in [-0.15, -0.1) is 0 Å². The zero-order valence-electron chi connectivity index (χ0n) is 15.6. The Kier molecular flexibility index (Phi) is 4.91. The molecule has 2 saturated heterocycles. The quantitative estimate of drug-likeness (QED) is 0.802. The number of hydrogen-bond donors (Lipinski definition) is 0. The second kappa shape index (κ2) is 7.31. The number of piperidine rings is 1. The molecule has 2 heterocycles. The molecule has 0 N–H and O–H groups in total. The maximum absolute atomic E-state index is 2.81. The van der Waals surface area contributed by atoms with Crippen molar-refractivity contribution >= 4 is 0 Å². The number of nitrogens with zero attached hydrogens (tertiary/aromatic N) is 2. The van der Waals surface area contributed by atoms with Gasteiger partial charge in [-0.25, -0.2) is 0 Å². The number of aryl methyl sites for hydroxylation is 1. The highest BCUT2D eigenvalue weighted by Crippen LogP contribution is 2.38. The minimum Gasteiger partial charge on any atom is -0.296 e. The largest absolute Gasteiger partial charge is 0.296 e. The zero-order valence-corrected chi connectivity index (χ0v) is 15.6. The van der Waals surface area contributed by atoms with E-state index in [1.54, 1.807) is 5.56 Å². The first-order valence-electron chi connectivity index (χ1n) is 9.80. The summed E-state index contributed by atoms with van der Waals surface area (Å²) in [7, 11) is 0. The lowest BCUT2D eigenvalue weighted by atomic mass is 9.86. The molecular weight excluding hydrogens is 304 g/mol. The molecule has 2 aromatic rings. The van der Waals surface area contributed by atoms with Gasteiger partial charge in [0, 0.05) is 38.3 Å². The van der Waals surface area contributed by atoms with Crippen LogP contribution in [0.5, 0.6) is 0 Å². The SMILES string of the molecule is Cc1cccc(C2CCCC3CN(Cc4ccccc4)CCN32)c1C. The number of hydrogen-bond acceptors (Lipinski definition) is 2. The van der Waals surface area contributed by atoms with Crippen LogP contribution >= 0.6 is 0 Å². The topological polar surface area (TPSA) is 6.48 Å². The molecule has 2 nitrogen and oxygen atoms in total. The van der Waals surface area contributed by atoms with Crippen LogP contribution in [-0.4, -0.2) is 35.5 Å². The third kappa shape index (κ3) is 3.51. The second-order valence-electron chi connectivity index (χ2n) is 7.85. The zero-order chi connectivity index (χ0) is 17.2. The van der Waals surface area contributed by atoms with E-state index >= 15 is 0 Å². The molecule has 2 aliphatic rings. The highest BCUT2D eigenvalue weighted by molar-refractivity contribution is 5.35. The predicted molar refractivity (Wildman–Crippen MR) is 105 cm³/mol. The van der Waals surface area contributed by atoms with Gasteiger partial charge in [0.2, 0.25) is 0 Å². The Hall–Kier alpha value is -1.64. The first kappa shape index (κ1) is 16.8. The highest BCUT2D eigenvalue weighted by Gasteiger charge is 2.36. The second-order valence-corrected chi connectivity index (χ2v) is 7.85. The van der Waals surface area contributed by atoms with Crippen LogP contribution in [0.3, 0.4) is 0 Å². The van der Waals surface area contributed by atoms with Crippen LogP contribution in [0, 0.1) is 13.8 Å². The average molecular weight is 335 g/mol. The third-order valence-electron chi connectivity index (χ3n) is 6.28. The molecule has 0 saturated carbocycles. The van der Waals surface area contributed by atoms with E-state index < -0.39 is 0 Å². The molecule has 2 aromatic carbocycles. The van der Waals surface area contributed by atoms with Gasteiger partial charge in [-0.05, 0) is 55.4 Å². The van der Waals surface area contributed by atoms with Gasteiger partial charge in [0.05, 0.1) is 0 Å². The molecule has 2 aliphatic heterocycles. The fraction of sp³-hybridized carbons (Fsp3) is 0.478. The molecule has 2 heteroatoms. The molecular formula is C23H30N2. The predicted octanol–water partition coefficient (Wildman–Crippen LogP) is 4.71. The van der Waals surface area contributed by atoms with Crippen molar-refractivity contribution in [3.63, 3.8) is 0 Å². The van der Waals surface area contributed by atoms with Gasteiger partial charge in [0.25, 0.3) is 0 Å². The van der Waals surface area contributed by atoms with Gasteiger partial charge in [0.1, 0.15) is 0 Å². The summed E-state index contributed by atoms with van der Waals surface area (Å²) in [6, 6.07) is 19.1. The fourth-order valence-electron chi connectivity index (χ4n) is 4.77. The van der Waals surface area contributed by atoms with Gasteiger partial charge in [-0.3, -0.25) is 9.80 Å². The van der Waals surface area contributed by atoms with Gasteiger partial charge >= 0.3 is 0 Å². The number of rotatable bonds is 3. The molecule has 2 atom stereocenters. The van der Waals surface area contributed by atoms with E-state index in [9.17, 15) is 0 Å². The van der Waals surface area contributed by atoms with Crippen LogP contribution in [0.4, 0.5) is 0 Å². The van der Waals surface area contributed by atoms with E-state index in [-0.39, 0.29) is 0 Å². The van der Waals surface area contributed by atoms with Crippen LogP contribution < -0.4 is 0 Å². The van der Waals surface area contributed by atoms with Crippen molar-refractivity contribution in [3.05, 3.63) is 70.8 Å².